The molecule has 0 spiro atoms. The monoisotopic (exact) mass is 577 g/mol. The first kappa shape index (κ1) is 28.8. The highest BCUT2D eigenvalue weighted by atomic mass is 16.5. The van der Waals surface area contributed by atoms with Crippen LogP contribution in [0.2, 0.25) is 0 Å². The predicted octanol–water partition coefficient (Wildman–Crippen LogP) is 9.60. The van der Waals surface area contributed by atoms with E-state index in [-0.39, 0.29) is 11.7 Å². The Kier molecular flexibility index (Phi) is 9.03. The molecule has 5 heteroatoms. The lowest BCUT2D eigenvalue weighted by molar-refractivity contribution is 0.273. The highest BCUT2D eigenvalue weighted by Crippen LogP contribution is 2.30. The summed E-state index contributed by atoms with van der Waals surface area (Å²) in [7, 11) is 0. The number of unbranched alkanes of at least 4 members (excludes halogenated alkanes) is 1. The second-order valence-corrected chi connectivity index (χ2v) is 10.9. The summed E-state index contributed by atoms with van der Waals surface area (Å²) in [5.41, 5.74) is 6.47. The Bertz CT molecular complexity index is 1690. The first-order valence-corrected chi connectivity index (χ1v) is 15.2. The summed E-state index contributed by atoms with van der Waals surface area (Å²) < 4.78 is 6.16. The molecule has 0 saturated heterocycles. The lowest BCUT2D eigenvalue weighted by atomic mass is 10.0. The third-order valence-electron chi connectivity index (χ3n) is 7.69. The molecule has 0 amide bonds. The number of ether oxygens (including phenoxy) is 1. The highest BCUT2D eigenvalue weighted by molar-refractivity contribution is 5.70. The number of hydrogen-bond acceptors (Lipinski definition) is 5. The molecule has 0 fully saturated rings. The largest absolute Gasteiger partial charge is 0.508 e. The van der Waals surface area contributed by atoms with Crippen LogP contribution in [0.5, 0.6) is 11.5 Å². The first-order valence-electron chi connectivity index (χ1n) is 15.2. The minimum atomic E-state index is -0.0509. The number of phenolic OH excluding ortho intramolecular Hbond substituents is 1. The zero-order valence-corrected chi connectivity index (χ0v) is 24.8. The van der Waals surface area contributed by atoms with Gasteiger partial charge in [0, 0.05) is 17.2 Å². The van der Waals surface area contributed by atoms with Gasteiger partial charge in [-0.2, -0.15) is 0 Å². The maximum atomic E-state index is 9.93. The van der Waals surface area contributed by atoms with E-state index in [0.29, 0.717) is 29.8 Å². The fraction of sp³-hybridized carbons (Fsp3) is 0.154. The van der Waals surface area contributed by atoms with Gasteiger partial charge in [-0.3, -0.25) is 0 Å². The quantitative estimate of drug-likeness (QED) is 0.166. The van der Waals surface area contributed by atoms with Crippen molar-refractivity contribution in [3.8, 4) is 56.5 Å². The van der Waals surface area contributed by atoms with Gasteiger partial charge in [-0.05, 0) is 40.8 Å². The summed E-state index contributed by atoms with van der Waals surface area (Å²) in [6.07, 6.45) is 2.94. The van der Waals surface area contributed by atoms with Crippen LogP contribution < -0.4 is 4.74 Å². The van der Waals surface area contributed by atoms with Gasteiger partial charge in [0.2, 0.25) is 0 Å². The maximum absolute atomic E-state index is 9.93. The van der Waals surface area contributed by atoms with Crippen molar-refractivity contribution in [2.45, 2.75) is 32.1 Å². The summed E-state index contributed by atoms with van der Waals surface area (Å²) in [5, 5.41) is 9.93. The van der Waals surface area contributed by atoms with E-state index in [1.165, 1.54) is 11.1 Å². The molecule has 1 atom stereocenters. The molecular weight excluding hydrogens is 542 g/mol. The van der Waals surface area contributed by atoms with Crippen LogP contribution in [0.4, 0.5) is 0 Å². The van der Waals surface area contributed by atoms with Crippen LogP contribution in [0.3, 0.4) is 0 Å². The standard InChI is InChI=1S/C39H35N3O2/c1-2-3-11-34(27-44-36-17-10-16-35(43)26-36)39-41-37(32-22-18-30(19-23-32)28-12-6-4-7-13-28)40-38(42-39)33-24-20-31(21-25-33)29-14-8-5-9-15-29/h4-10,12-26,34,43H,2-3,11,27H2,1H3. The minimum Gasteiger partial charge on any atom is -0.508 e. The zero-order valence-electron chi connectivity index (χ0n) is 24.8. The smallest absolute Gasteiger partial charge is 0.163 e. The molecule has 5 nitrogen and oxygen atoms in total. The number of rotatable bonds is 11. The van der Waals surface area contributed by atoms with Crippen LogP contribution in [0.25, 0.3) is 45.0 Å². The molecule has 0 aliphatic heterocycles. The van der Waals surface area contributed by atoms with E-state index in [1.54, 1.807) is 18.2 Å². The van der Waals surface area contributed by atoms with E-state index >= 15 is 0 Å². The Labute approximate surface area is 258 Å². The molecule has 0 aliphatic carbocycles. The summed E-state index contributed by atoms with van der Waals surface area (Å²) >= 11 is 0. The molecule has 6 rings (SSSR count). The highest BCUT2D eigenvalue weighted by Gasteiger charge is 2.20. The predicted molar refractivity (Wildman–Crippen MR) is 177 cm³/mol. The molecular formula is C39H35N3O2. The van der Waals surface area contributed by atoms with Gasteiger partial charge in [0.1, 0.15) is 17.3 Å². The van der Waals surface area contributed by atoms with E-state index in [4.69, 9.17) is 19.7 Å². The fourth-order valence-corrected chi connectivity index (χ4v) is 5.23. The average molecular weight is 578 g/mol. The van der Waals surface area contributed by atoms with Crippen LogP contribution in [0.15, 0.2) is 133 Å². The van der Waals surface area contributed by atoms with Crippen LogP contribution in [0, 0.1) is 0 Å². The number of nitrogens with zero attached hydrogens (tertiary/aromatic N) is 3. The van der Waals surface area contributed by atoms with E-state index in [2.05, 4.69) is 79.7 Å². The molecule has 0 saturated carbocycles. The van der Waals surface area contributed by atoms with Crippen molar-refractivity contribution in [1.29, 1.82) is 0 Å². The Morgan fingerprint density at radius 3 is 1.57 bits per heavy atom. The molecule has 1 N–H and O–H groups in total. The minimum absolute atomic E-state index is 0.0509. The maximum Gasteiger partial charge on any atom is 0.163 e. The number of benzene rings is 5. The van der Waals surface area contributed by atoms with Crippen LogP contribution in [0.1, 0.15) is 37.9 Å². The van der Waals surface area contributed by atoms with Crippen molar-refractivity contribution in [3.05, 3.63) is 139 Å². The molecule has 0 bridgehead atoms. The van der Waals surface area contributed by atoms with Crippen molar-refractivity contribution >= 4 is 0 Å². The van der Waals surface area contributed by atoms with Gasteiger partial charge in [0.15, 0.2) is 11.6 Å². The average Bonchev–Trinajstić information content (AvgIpc) is 3.09. The normalized spacial score (nSPS) is 11.7. The molecule has 6 aromatic rings. The van der Waals surface area contributed by atoms with E-state index in [1.807, 2.05) is 42.5 Å². The van der Waals surface area contributed by atoms with Gasteiger partial charge in [-0.25, -0.2) is 15.0 Å². The SMILES string of the molecule is CCCCC(COc1cccc(O)c1)c1nc(-c2ccc(-c3ccccc3)cc2)nc(-c2ccc(-c3ccccc3)cc2)n1. The second kappa shape index (κ2) is 13.8. The molecule has 5 aromatic carbocycles. The van der Waals surface area contributed by atoms with Gasteiger partial charge in [0.05, 0.1) is 12.5 Å². The third-order valence-corrected chi connectivity index (χ3v) is 7.69. The summed E-state index contributed by atoms with van der Waals surface area (Å²) in [6, 6.07) is 44.3. The topological polar surface area (TPSA) is 68.1 Å². The van der Waals surface area contributed by atoms with Gasteiger partial charge in [-0.1, -0.05) is 135 Å². The molecule has 1 aromatic heterocycles. The lowest BCUT2D eigenvalue weighted by Crippen LogP contribution is -2.15. The van der Waals surface area contributed by atoms with Gasteiger partial charge >= 0.3 is 0 Å². The first-order chi connectivity index (χ1) is 21.7. The summed E-state index contributed by atoms with van der Waals surface area (Å²) in [4.78, 5) is 15.0. The van der Waals surface area contributed by atoms with Crippen LogP contribution >= 0.6 is 0 Å². The van der Waals surface area contributed by atoms with Crippen LogP contribution in [-0.2, 0) is 0 Å². The Hall–Kier alpha value is -5.29. The summed E-state index contributed by atoms with van der Waals surface area (Å²) in [5.74, 6) is 2.72. The molecule has 1 heterocycles. The van der Waals surface area contributed by atoms with Crippen molar-refractivity contribution in [1.82, 2.24) is 15.0 Å². The zero-order chi connectivity index (χ0) is 30.1. The second-order valence-electron chi connectivity index (χ2n) is 10.9. The molecule has 0 radical (unpaired) electrons. The summed E-state index contributed by atoms with van der Waals surface area (Å²) in [6.45, 7) is 2.58. The van der Waals surface area contributed by atoms with Crippen molar-refractivity contribution in [3.63, 3.8) is 0 Å². The third kappa shape index (κ3) is 7.01. The van der Waals surface area contributed by atoms with Crippen molar-refractivity contribution in [2.75, 3.05) is 6.61 Å². The van der Waals surface area contributed by atoms with E-state index in [9.17, 15) is 5.11 Å². The van der Waals surface area contributed by atoms with E-state index in [0.717, 1.165) is 41.5 Å². The molecule has 44 heavy (non-hydrogen) atoms. The van der Waals surface area contributed by atoms with Crippen molar-refractivity contribution < 1.29 is 9.84 Å². The molecule has 218 valence electrons. The fourth-order valence-electron chi connectivity index (χ4n) is 5.23. The van der Waals surface area contributed by atoms with Crippen molar-refractivity contribution in [2.24, 2.45) is 0 Å². The van der Waals surface area contributed by atoms with Gasteiger partial charge < -0.3 is 9.84 Å². The molecule has 1 unspecified atom stereocenters. The Morgan fingerprint density at radius 2 is 1.07 bits per heavy atom. The van der Waals surface area contributed by atoms with Gasteiger partial charge in [0.25, 0.3) is 0 Å². The number of phenols is 1. The molecule has 0 aliphatic rings. The number of aromatic hydroxyl groups is 1. The van der Waals surface area contributed by atoms with Gasteiger partial charge in [-0.15, -0.1) is 0 Å². The number of hydrogen-bond donors (Lipinski definition) is 1. The lowest BCUT2D eigenvalue weighted by Gasteiger charge is -2.18. The Morgan fingerprint density at radius 1 is 0.568 bits per heavy atom. The van der Waals surface area contributed by atoms with Crippen LogP contribution in [-0.4, -0.2) is 26.7 Å². The number of aromatic nitrogens is 3. The van der Waals surface area contributed by atoms with E-state index < -0.39 is 0 Å². The Balaban J connectivity index is 1.38.